The minimum Gasteiger partial charge on any atom is -0.354 e. The molecule has 1 amide bonds. The number of hydrogen-bond acceptors (Lipinski definition) is 3. The Morgan fingerprint density at radius 2 is 2.27 bits per heavy atom. The van der Waals surface area contributed by atoms with Gasteiger partial charge in [0, 0.05) is 19.6 Å². The molecule has 1 heterocycles. The first kappa shape index (κ1) is 12.5. The van der Waals surface area contributed by atoms with E-state index < -0.39 is 0 Å². The minimum absolute atomic E-state index is 0.0261. The first-order valence-corrected chi connectivity index (χ1v) is 5.66. The van der Waals surface area contributed by atoms with E-state index in [9.17, 15) is 4.79 Å². The third kappa shape index (κ3) is 3.18. The highest BCUT2D eigenvalue weighted by molar-refractivity contribution is 5.82. The van der Waals surface area contributed by atoms with Gasteiger partial charge < -0.3 is 10.6 Å². The fourth-order valence-corrected chi connectivity index (χ4v) is 2.07. The second kappa shape index (κ2) is 4.94. The van der Waals surface area contributed by atoms with Crippen LogP contribution in [0.15, 0.2) is 0 Å². The molecule has 1 saturated heterocycles. The van der Waals surface area contributed by atoms with Gasteiger partial charge in [-0.1, -0.05) is 20.8 Å². The number of nitrogens with zero attached hydrogens (tertiary/aromatic N) is 1. The lowest BCUT2D eigenvalue weighted by atomic mass is 9.93. The maximum absolute atomic E-state index is 11.9. The average Bonchev–Trinajstić information content (AvgIpc) is 2.29. The summed E-state index contributed by atoms with van der Waals surface area (Å²) in [4.78, 5) is 14.1. The van der Waals surface area contributed by atoms with Crippen molar-refractivity contribution in [3.8, 4) is 0 Å². The Morgan fingerprint density at radius 3 is 2.80 bits per heavy atom. The van der Waals surface area contributed by atoms with Gasteiger partial charge in [0.15, 0.2) is 0 Å². The van der Waals surface area contributed by atoms with Crippen LogP contribution in [0.25, 0.3) is 0 Å². The summed E-state index contributed by atoms with van der Waals surface area (Å²) < 4.78 is 0. The van der Waals surface area contributed by atoms with Crippen LogP contribution in [0.4, 0.5) is 0 Å². The van der Waals surface area contributed by atoms with E-state index in [0.717, 1.165) is 26.2 Å². The van der Waals surface area contributed by atoms with E-state index in [-0.39, 0.29) is 17.4 Å². The van der Waals surface area contributed by atoms with E-state index in [1.807, 2.05) is 7.05 Å². The Bertz CT molecular complexity index is 228. The van der Waals surface area contributed by atoms with E-state index in [4.69, 9.17) is 0 Å². The molecule has 88 valence electrons. The van der Waals surface area contributed by atoms with Gasteiger partial charge in [0.1, 0.15) is 6.04 Å². The highest BCUT2D eigenvalue weighted by Gasteiger charge is 2.33. The Hall–Kier alpha value is -0.610. The van der Waals surface area contributed by atoms with Gasteiger partial charge >= 0.3 is 0 Å². The second-order valence-corrected chi connectivity index (χ2v) is 5.02. The minimum atomic E-state index is -0.0261. The average molecular weight is 213 g/mol. The monoisotopic (exact) mass is 213 g/mol. The number of hydrogen-bond donors (Lipinski definition) is 2. The van der Waals surface area contributed by atoms with Crippen molar-refractivity contribution in [1.82, 2.24) is 15.5 Å². The summed E-state index contributed by atoms with van der Waals surface area (Å²) in [5.74, 6) is 0.150. The van der Waals surface area contributed by atoms with Gasteiger partial charge in [-0.2, -0.15) is 0 Å². The number of amides is 1. The number of carbonyl (C=O) groups excluding carboxylic acids is 1. The van der Waals surface area contributed by atoms with E-state index in [2.05, 4.69) is 36.3 Å². The predicted molar refractivity (Wildman–Crippen MR) is 61.8 cm³/mol. The molecule has 2 N–H and O–H groups in total. The van der Waals surface area contributed by atoms with Crippen molar-refractivity contribution in [2.45, 2.75) is 26.8 Å². The molecule has 0 aromatic carbocycles. The van der Waals surface area contributed by atoms with E-state index >= 15 is 0 Å². The zero-order valence-electron chi connectivity index (χ0n) is 10.3. The Labute approximate surface area is 92.4 Å². The molecular formula is C11H23N3O. The molecule has 1 fully saturated rings. The summed E-state index contributed by atoms with van der Waals surface area (Å²) in [5.41, 5.74) is 0.161. The molecule has 0 saturated carbocycles. The van der Waals surface area contributed by atoms with E-state index in [1.165, 1.54) is 0 Å². The summed E-state index contributed by atoms with van der Waals surface area (Å²) in [6, 6.07) is -0.0261. The molecule has 1 aliphatic heterocycles. The van der Waals surface area contributed by atoms with Crippen LogP contribution in [0.5, 0.6) is 0 Å². The highest BCUT2D eigenvalue weighted by Crippen LogP contribution is 2.20. The summed E-state index contributed by atoms with van der Waals surface area (Å²) in [5, 5.41) is 6.10. The van der Waals surface area contributed by atoms with Crippen LogP contribution >= 0.6 is 0 Å². The number of nitrogens with one attached hydrogen (secondary N) is 2. The summed E-state index contributed by atoms with van der Waals surface area (Å²) in [6.07, 6.45) is 0. The maximum atomic E-state index is 11.9. The van der Waals surface area contributed by atoms with Crippen LogP contribution in [0.2, 0.25) is 0 Å². The molecule has 1 unspecified atom stereocenters. The summed E-state index contributed by atoms with van der Waals surface area (Å²) in [7, 11) is 1.89. The molecule has 0 aromatic heterocycles. The molecule has 0 radical (unpaired) electrons. The molecular weight excluding hydrogens is 190 g/mol. The molecule has 4 nitrogen and oxygen atoms in total. The van der Waals surface area contributed by atoms with Crippen molar-refractivity contribution < 1.29 is 4.79 Å². The molecule has 15 heavy (non-hydrogen) atoms. The highest BCUT2D eigenvalue weighted by atomic mass is 16.2. The fourth-order valence-electron chi connectivity index (χ4n) is 2.07. The Balaban J connectivity index is 2.78. The normalized spacial score (nSPS) is 27.2. The summed E-state index contributed by atoms with van der Waals surface area (Å²) >= 11 is 0. The van der Waals surface area contributed by atoms with Crippen molar-refractivity contribution in [3.05, 3.63) is 0 Å². The lowest BCUT2D eigenvalue weighted by molar-refractivity contribution is -0.125. The van der Waals surface area contributed by atoms with Gasteiger partial charge in [-0.25, -0.2) is 0 Å². The molecule has 0 spiro atoms. The summed E-state index contributed by atoms with van der Waals surface area (Å²) in [6.45, 7) is 9.86. The molecule has 4 heteroatoms. The first-order chi connectivity index (χ1) is 7.00. The number of likely N-dealkylation sites (N-methyl/N-ethyl adjacent to an activating group) is 2. The lowest BCUT2D eigenvalue weighted by Crippen LogP contribution is -2.49. The van der Waals surface area contributed by atoms with Crippen LogP contribution in [0.3, 0.4) is 0 Å². The SMILES string of the molecule is CCN1CC(C)(C)CNC(=O)C1CNC. The quantitative estimate of drug-likeness (QED) is 0.696. The van der Waals surface area contributed by atoms with E-state index in [1.54, 1.807) is 0 Å². The Kier molecular flexibility index (Phi) is 4.11. The van der Waals surface area contributed by atoms with Gasteiger partial charge in [-0.05, 0) is 19.0 Å². The first-order valence-electron chi connectivity index (χ1n) is 5.66. The van der Waals surface area contributed by atoms with Gasteiger partial charge in [-0.3, -0.25) is 9.69 Å². The molecule has 0 aromatic rings. The topological polar surface area (TPSA) is 44.4 Å². The Morgan fingerprint density at radius 1 is 1.60 bits per heavy atom. The smallest absolute Gasteiger partial charge is 0.238 e. The largest absolute Gasteiger partial charge is 0.354 e. The van der Waals surface area contributed by atoms with Gasteiger partial charge in [0.05, 0.1) is 0 Å². The number of rotatable bonds is 3. The predicted octanol–water partition coefficient (Wildman–Crippen LogP) is 0.0523. The fraction of sp³-hybridized carbons (Fsp3) is 0.909. The zero-order valence-corrected chi connectivity index (χ0v) is 10.3. The van der Waals surface area contributed by atoms with Crippen molar-refractivity contribution in [1.29, 1.82) is 0 Å². The third-order valence-electron chi connectivity index (χ3n) is 2.92. The van der Waals surface area contributed by atoms with E-state index in [0.29, 0.717) is 0 Å². The molecule has 1 aliphatic rings. The van der Waals surface area contributed by atoms with Crippen molar-refractivity contribution in [2.24, 2.45) is 5.41 Å². The van der Waals surface area contributed by atoms with Crippen LogP contribution in [0, 0.1) is 5.41 Å². The van der Waals surface area contributed by atoms with Crippen LogP contribution < -0.4 is 10.6 Å². The second-order valence-electron chi connectivity index (χ2n) is 5.02. The molecule has 0 bridgehead atoms. The number of carbonyl (C=O) groups is 1. The molecule has 0 aliphatic carbocycles. The van der Waals surface area contributed by atoms with Gasteiger partial charge in [0.2, 0.25) is 5.91 Å². The van der Waals surface area contributed by atoms with Crippen LogP contribution in [-0.2, 0) is 4.79 Å². The van der Waals surface area contributed by atoms with Crippen molar-refractivity contribution in [3.63, 3.8) is 0 Å². The van der Waals surface area contributed by atoms with Gasteiger partial charge in [0.25, 0.3) is 0 Å². The van der Waals surface area contributed by atoms with Crippen molar-refractivity contribution >= 4 is 5.91 Å². The zero-order chi connectivity index (χ0) is 11.5. The third-order valence-corrected chi connectivity index (χ3v) is 2.92. The molecule has 1 atom stereocenters. The molecule has 1 rings (SSSR count). The van der Waals surface area contributed by atoms with Crippen LogP contribution in [0.1, 0.15) is 20.8 Å². The lowest BCUT2D eigenvalue weighted by Gasteiger charge is -2.31. The van der Waals surface area contributed by atoms with Crippen LogP contribution in [-0.4, -0.2) is 50.1 Å². The maximum Gasteiger partial charge on any atom is 0.238 e. The van der Waals surface area contributed by atoms with Gasteiger partial charge in [-0.15, -0.1) is 0 Å². The van der Waals surface area contributed by atoms with Crippen molar-refractivity contribution in [2.75, 3.05) is 33.2 Å². The standard InChI is InChI=1S/C11H23N3O/c1-5-14-8-11(2,3)7-13-10(15)9(14)6-12-4/h9,12H,5-8H2,1-4H3,(H,13,15).